The molecule has 2 fully saturated rings. The molecule has 6 heteroatoms. The van der Waals surface area contributed by atoms with Crippen molar-refractivity contribution in [3.63, 3.8) is 0 Å². The fourth-order valence-corrected chi connectivity index (χ4v) is 4.25. The van der Waals surface area contributed by atoms with Crippen molar-refractivity contribution in [3.05, 3.63) is 0 Å². The molecular formula is C10H19NO4S. The molecule has 0 spiro atoms. The standard InChI is InChI=1S/C10H19NO4S/c1-7(2)10(13)5-11(6-10)8-3-16(14,15)4-9(8)12/h7-9,12-13H,3-6H2,1-2H3. The van der Waals surface area contributed by atoms with Crippen LogP contribution in [0, 0.1) is 5.92 Å². The number of hydrogen-bond acceptors (Lipinski definition) is 5. The van der Waals surface area contributed by atoms with Gasteiger partial charge in [-0.05, 0) is 5.92 Å². The summed E-state index contributed by atoms with van der Waals surface area (Å²) in [7, 11) is -3.10. The molecule has 16 heavy (non-hydrogen) atoms. The predicted molar refractivity (Wildman–Crippen MR) is 59.8 cm³/mol. The topological polar surface area (TPSA) is 77.8 Å². The number of β-amino-alcohol motifs (C(OH)–C–C–N with tert-alkyl or cyclic N) is 1. The van der Waals surface area contributed by atoms with Gasteiger partial charge < -0.3 is 10.2 Å². The Morgan fingerprint density at radius 1 is 1.31 bits per heavy atom. The van der Waals surface area contributed by atoms with Crippen LogP contribution >= 0.6 is 0 Å². The van der Waals surface area contributed by atoms with Crippen LogP contribution in [0.4, 0.5) is 0 Å². The number of sulfone groups is 1. The Balaban J connectivity index is 1.99. The Labute approximate surface area is 96.0 Å². The number of aliphatic hydroxyl groups excluding tert-OH is 1. The maximum atomic E-state index is 11.3. The molecule has 2 heterocycles. The van der Waals surface area contributed by atoms with E-state index in [1.54, 1.807) is 0 Å². The highest BCUT2D eigenvalue weighted by atomic mass is 32.2. The van der Waals surface area contributed by atoms with Crippen LogP contribution < -0.4 is 0 Å². The van der Waals surface area contributed by atoms with Crippen molar-refractivity contribution < 1.29 is 18.6 Å². The van der Waals surface area contributed by atoms with E-state index in [0.717, 1.165) is 0 Å². The molecule has 2 N–H and O–H groups in total. The van der Waals surface area contributed by atoms with E-state index in [1.165, 1.54) is 0 Å². The number of hydrogen-bond donors (Lipinski definition) is 2. The molecule has 0 aromatic rings. The normalized spacial score (nSPS) is 37.6. The average Bonchev–Trinajstić information content (AvgIpc) is 2.33. The van der Waals surface area contributed by atoms with Crippen LogP contribution in [0.2, 0.25) is 0 Å². The molecule has 2 unspecified atom stereocenters. The molecule has 0 aliphatic carbocycles. The van der Waals surface area contributed by atoms with Crippen molar-refractivity contribution in [1.29, 1.82) is 0 Å². The van der Waals surface area contributed by atoms with E-state index in [9.17, 15) is 18.6 Å². The second-order valence-electron chi connectivity index (χ2n) is 5.37. The van der Waals surface area contributed by atoms with Gasteiger partial charge in [0, 0.05) is 13.1 Å². The number of likely N-dealkylation sites (tertiary alicyclic amines) is 1. The van der Waals surface area contributed by atoms with Crippen LogP contribution in [-0.4, -0.2) is 65.9 Å². The molecule has 0 bridgehead atoms. The Hall–Kier alpha value is -0.170. The van der Waals surface area contributed by atoms with Crippen LogP contribution in [0.1, 0.15) is 13.8 Å². The monoisotopic (exact) mass is 249 g/mol. The molecule has 0 aromatic heterocycles. The Bertz CT molecular complexity index is 372. The number of aliphatic hydroxyl groups is 2. The third kappa shape index (κ3) is 1.99. The van der Waals surface area contributed by atoms with Gasteiger partial charge in [-0.3, -0.25) is 4.90 Å². The van der Waals surface area contributed by atoms with E-state index < -0.39 is 21.5 Å². The van der Waals surface area contributed by atoms with Crippen molar-refractivity contribution in [1.82, 2.24) is 4.90 Å². The molecule has 2 atom stereocenters. The van der Waals surface area contributed by atoms with Crippen LogP contribution in [-0.2, 0) is 9.84 Å². The van der Waals surface area contributed by atoms with Crippen LogP contribution in [0.3, 0.4) is 0 Å². The highest BCUT2D eigenvalue weighted by Gasteiger charge is 2.51. The second kappa shape index (κ2) is 3.66. The molecule has 2 rings (SSSR count). The third-order valence-corrected chi connectivity index (χ3v) is 5.49. The van der Waals surface area contributed by atoms with Crippen molar-refractivity contribution >= 4 is 9.84 Å². The predicted octanol–water partition coefficient (Wildman–Crippen LogP) is -1.15. The molecule has 0 saturated carbocycles. The van der Waals surface area contributed by atoms with Gasteiger partial charge in [0.05, 0.1) is 29.3 Å². The van der Waals surface area contributed by atoms with E-state index in [1.807, 2.05) is 18.7 Å². The molecule has 2 aliphatic rings. The molecule has 0 amide bonds. The van der Waals surface area contributed by atoms with E-state index in [-0.39, 0.29) is 23.5 Å². The third-order valence-electron chi connectivity index (χ3n) is 3.79. The van der Waals surface area contributed by atoms with Crippen LogP contribution in [0.15, 0.2) is 0 Å². The Morgan fingerprint density at radius 3 is 2.25 bits per heavy atom. The fraction of sp³-hybridized carbons (Fsp3) is 1.00. The molecule has 2 aliphatic heterocycles. The first-order valence-corrected chi connectivity index (χ1v) is 7.40. The zero-order valence-corrected chi connectivity index (χ0v) is 10.4. The minimum atomic E-state index is -3.10. The summed E-state index contributed by atoms with van der Waals surface area (Å²) in [6.45, 7) is 4.81. The van der Waals surface area contributed by atoms with Gasteiger partial charge in [-0.1, -0.05) is 13.8 Å². The summed E-state index contributed by atoms with van der Waals surface area (Å²) < 4.78 is 22.7. The van der Waals surface area contributed by atoms with Gasteiger partial charge in [-0.2, -0.15) is 0 Å². The highest BCUT2D eigenvalue weighted by Crippen LogP contribution is 2.33. The van der Waals surface area contributed by atoms with Crippen molar-refractivity contribution in [3.8, 4) is 0 Å². The largest absolute Gasteiger partial charge is 0.390 e. The molecule has 2 saturated heterocycles. The summed E-state index contributed by atoms with van der Waals surface area (Å²) in [5, 5.41) is 19.7. The lowest BCUT2D eigenvalue weighted by molar-refractivity contribution is -0.149. The summed E-state index contributed by atoms with van der Waals surface area (Å²) in [6, 6.07) is -0.330. The Kier molecular flexibility index (Phi) is 2.81. The van der Waals surface area contributed by atoms with Crippen molar-refractivity contribution in [2.24, 2.45) is 5.92 Å². The highest BCUT2D eigenvalue weighted by molar-refractivity contribution is 7.91. The first-order chi connectivity index (χ1) is 7.23. The fourth-order valence-electron chi connectivity index (χ4n) is 2.42. The first-order valence-electron chi connectivity index (χ1n) is 5.58. The van der Waals surface area contributed by atoms with Gasteiger partial charge in [-0.25, -0.2) is 8.42 Å². The van der Waals surface area contributed by atoms with Gasteiger partial charge in [0.2, 0.25) is 0 Å². The quantitative estimate of drug-likeness (QED) is 0.646. The van der Waals surface area contributed by atoms with Gasteiger partial charge in [0.15, 0.2) is 9.84 Å². The zero-order chi connectivity index (χ0) is 12.1. The Morgan fingerprint density at radius 2 is 1.88 bits per heavy atom. The van der Waals surface area contributed by atoms with Gasteiger partial charge >= 0.3 is 0 Å². The van der Waals surface area contributed by atoms with Gasteiger partial charge in [0.1, 0.15) is 0 Å². The molecule has 0 radical (unpaired) electrons. The number of nitrogens with zero attached hydrogens (tertiary/aromatic N) is 1. The molecule has 94 valence electrons. The summed E-state index contributed by atoms with van der Waals surface area (Å²) in [5.74, 6) is 0.0234. The van der Waals surface area contributed by atoms with E-state index in [0.29, 0.717) is 13.1 Å². The number of rotatable bonds is 2. The lowest BCUT2D eigenvalue weighted by atomic mass is 9.82. The SMILES string of the molecule is CC(C)C1(O)CN(C2CS(=O)(=O)CC2O)C1. The van der Waals surface area contributed by atoms with Crippen LogP contribution in [0.25, 0.3) is 0 Å². The van der Waals surface area contributed by atoms with Crippen molar-refractivity contribution in [2.75, 3.05) is 24.6 Å². The van der Waals surface area contributed by atoms with Crippen LogP contribution in [0.5, 0.6) is 0 Å². The van der Waals surface area contributed by atoms with E-state index >= 15 is 0 Å². The summed E-state index contributed by atoms with van der Waals surface area (Å²) in [6.07, 6.45) is -0.804. The maximum absolute atomic E-state index is 11.3. The summed E-state index contributed by atoms with van der Waals surface area (Å²) in [4.78, 5) is 1.87. The second-order valence-corrected chi connectivity index (χ2v) is 7.53. The summed E-state index contributed by atoms with van der Waals surface area (Å²) >= 11 is 0. The van der Waals surface area contributed by atoms with E-state index in [4.69, 9.17) is 0 Å². The molecule has 5 nitrogen and oxygen atoms in total. The average molecular weight is 249 g/mol. The lowest BCUT2D eigenvalue weighted by Crippen LogP contribution is -2.68. The van der Waals surface area contributed by atoms with E-state index in [2.05, 4.69) is 0 Å². The first kappa shape index (κ1) is 12.3. The minimum absolute atomic E-state index is 0.0162. The van der Waals surface area contributed by atoms with Gasteiger partial charge in [-0.15, -0.1) is 0 Å². The molecule has 0 aromatic carbocycles. The zero-order valence-electron chi connectivity index (χ0n) is 9.63. The van der Waals surface area contributed by atoms with Gasteiger partial charge in [0.25, 0.3) is 0 Å². The summed E-state index contributed by atoms with van der Waals surface area (Å²) in [5.41, 5.74) is -0.716. The minimum Gasteiger partial charge on any atom is -0.390 e. The lowest BCUT2D eigenvalue weighted by Gasteiger charge is -2.52. The molecular weight excluding hydrogens is 230 g/mol. The smallest absolute Gasteiger partial charge is 0.154 e. The maximum Gasteiger partial charge on any atom is 0.154 e. The van der Waals surface area contributed by atoms with Crippen molar-refractivity contribution in [2.45, 2.75) is 31.6 Å².